The lowest BCUT2D eigenvalue weighted by molar-refractivity contribution is -0.384. The average Bonchev–Trinajstić information content (AvgIpc) is 2.65. The molecule has 1 heterocycles. The van der Waals surface area contributed by atoms with Crippen molar-refractivity contribution in [2.75, 3.05) is 5.73 Å². The third kappa shape index (κ3) is 1.94. The van der Waals surface area contributed by atoms with E-state index in [1.165, 1.54) is 23.5 Å². The summed E-state index contributed by atoms with van der Waals surface area (Å²) < 4.78 is 0. The summed E-state index contributed by atoms with van der Waals surface area (Å²) in [7, 11) is 0. The Balaban J connectivity index is 2.35. The Kier molecular flexibility index (Phi) is 2.34. The van der Waals surface area contributed by atoms with E-state index in [-0.39, 0.29) is 5.69 Å². The van der Waals surface area contributed by atoms with Crippen LogP contribution in [0.2, 0.25) is 0 Å². The summed E-state index contributed by atoms with van der Waals surface area (Å²) >= 11 is 1.41. The van der Waals surface area contributed by atoms with Gasteiger partial charge in [-0.3, -0.25) is 10.1 Å². The van der Waals surface area contributed by atoms with Crippen molar-refractivity contribution in [2.45, 2.75) is 0 Å². The summed E-state index contributed by atoms with van der Waals surface area (Å²) in [5, 5.41) is 12.9. The van der Waals surface area contributed by atoms with Gasteiger partial charge in [0.1, 0.15) is 10.8 Å². The van der Waals surface area contributed by atoms with Crippen molar-refractivity contribution in [3.05, 3.63) is 39.8 Å². The van der Waals surface area contributed by atoms with E-state index in [0.29, 0.717) is 5.82 Å². The summed E-state index contributed by atoms with van der Waals surface area (Å²) in [5.41, 5.74) is 6.39. The van der Waals surface area contributed by atoms with Gasteiger partial charge in [-0.1, -0.05) is 0 Å². The van der Waals surface area contributed by atoms with Gasteiger partial charge in [-0.15, -0.1) is 11.3 Å². The van der Waals surface area contributed by atoms with Crippen LogP contribution in [0.3, 0.4) is 0 Å². The number of benzene rings is 1. The van der Waals surface area contributed by atoms with Crippen LogP contribution in [0.1, 0.15) is 0 Å². The molecule has 0 atom stereocenters. The van der Waals surface area contributed by atoms with E-state index in [2.05, 4.69) is 4.98 Å². The Labute approximate surface area is 89.3 Å². The van der Waals surface area contributed by atoms with E-state index >= 15 is 0 Å². The molecular formula is C9H7N3O2S. The number of aromatic nitrogens is 1. The number of nitro benzene ring substituents is 1. The molecule has 2 aromatic rings. The SMILES string of the molecule is Nc1csc(-c2ccc([N+](=O)[O-])cc2)n1. The van der Waals surface area contributed by atoms with Crippen molar-refractivity contribution in [1.82, 2.24) is 4.98 Å². The fourth-order valence-corrected chi connectivity index (χ4v) is 1.86. The molecule has 0 amide bonds. The van der Waals surface area contributed by atoms with Crippen molar-refractivity contribution < 1.29 is 4.92 Å². The minimum atomic E-state index is -0.431. The van der Waals surface area contributed by atoms with Crippen LogP contribution in [-0.2, 0) is 0 Å². The molecule has 6 heteroatoms. The lowest BCUT2D eigenvalue weighted by Crippen LogP contribution is -1.87. The molecule has 0 saturated carbocycles. The van der Waals surface area contributed by atoms with Crippen LogP contribution in [0, 0.1) is 10.1 Å². The molecule has 2 N–H and O–H groups in total. The standard InChI is InChI=1S/C9H7N3O2S/c10-8-5-15-9(11-8)6-1-3-7(4-2-6)12(13)14/h1-5H,10H2. The van der Waals surface area contributed by atoms with E-state index in [0.717, 1.165) is 10.6 Å². The molecule has 5 nitrogen and oxygen atoms in total. The molecule has 0 bridgehead atoms. The number of nitrogens with two attached hydrogens (primary N) is 1. The first-order valence-corrected chi connectivity index (χ1v) is 5.00. The van der Waals surface area contributed by atoms with Crippen LogP contribution < -0.4 is 5.73 Å². The van der Waals surface area contributed by atoms with Crippen molar-refractivity contribution in [3.63, 3.8) is 0 Å². The Hall–Kier alpha value is -1.95. The third-order valence-electron chi connectivity index (χ3n) is 1.85. The molecule has 0 unspecified atom stereocenters. The quantitative estimate of drug-likeness (QED) is 0.623. The lowest BCUT2D eigenvalue weighted by Gasteiger charge is -1.95. The number of nitrogen functional groups attached to an aromatic ring is 1. The van der Waals surface area contributed by atoms with E-state index in [1.807, 2.05) is 0 Å². The van der Waals surface area contributed by atoms with E-state index in [9.17, 15) is 10.1 Å². The molecule has 0 radical (unpaired) electrons. The zero-order valence-electron chi connectivity index (χ0n) is 7.58. The van der Waals surface area contributed by atoms with Gasteiger partial charge in [-0.05, 0) is 12.1 Å². The van der Waals surface area contributed by atoms with Gasteiger partial charge in [0.05, 0.1) is 4.92 Å². The van der Waals surface area contributed by atoms with Gasteiger partial charge >= 0.3 is 0 Å². The van der Waals surface area contributed by atoms with Gasteiger partial charge in [0.2, 0.25) is 0 Å². The monoisotopic (exact) mass is 221 g/mol. The van der Waals surface area contributed by atoms with E-state index in [1.54, 1.807) is 17.5 Å². The van der Waals surface area contributed by atoms with Gasteiger partial charge in [-0.2, -0.15) is 0 Å². The zero-order chi connectivity index (χ0) is 10.8. The molecule has 1 aromatic carbocycles. The molecule has 76 valence electrons. The molecule has 0 aliphatic heterocycles. The van der Waals surface area contributed by atoms with Crippen molar-refractivity contribution in [2.24, 2.45) is 0 Å². The number of rotatable bonds is 2. The van der Waals surface area contributed by atoms with Crippen LogP contribution in [0.25, 0.3) is 10.6 Å². The van der Waals surface area contributed by atoms with Crippen LogP contribution in [0.4, 0.5) is 11.5 Å². The second kappa shape index (κ2) is 3.66. The number of hydrogen-bond donors (Lipinski definition) is 1. The molecule has 15 heavy (non-hydrogen) atoms. The molecule has 0 fully saturated rings. The van der Waals surface area contributed by atoms with E-state index < -0.39 is 4.92 Å². The van der Waals surface area contributed by atoms with E-state index in [4.69, 9.17) is 5.73 Å². The predicted octanol–water partition coefficient (Wildman–Crippen LogP) is 2.30. The number of hydrogen-bond acceptors (Lipinski definition) is 5. The Morgan fingerprint density at radius 1 is 1.33 bits per heavy atom. The minimum Gasteiger partial charge on any atom is -0.383 e. The number of nitro groups is 1. The van der Waals surface area contributed by atoms with Gasteiger partial charge in [0, 0.05) is 23.1 Å². The fraction of sp³-hybridized carbons (Fsp3) is 0. The van der Waals surface area contributed by atoms with Crippen molar-refractivity contribution >= 4 is 22.8 Å². The average molecular weight is 221 g/mol. The zero-order valence-corrected chi connectivity index (χ0v) is 8.40. The fourth-order valence-electron chi connectivity index (χ4n) is 1.14. The Morgan fingerprint density at radius 2 is 2.00 bits per heavy atom. The highest BCUT2D eigenvalue weighted by Gasteiger charge is 2.07. The first-order valence-electron chi connectivity index (χ1n) is 4.12. The molecular weight excluding hydrogens is 214 g/mol. The summed E-state index contributed by atoms with van der Waals surface area (Å²) in [4.78, 5) is 14.1. The lowest BCUT2D eigenvalue weighted by atomic mass is 10.2. The molecule has 0 aliphatic rings. The highest BCUT2D eigenvalue weighted by molar-refractivity contribution is 7.13. The van der Waals surface area contributed by atoms with Gasteiger partial charge in [0.25, 0.3) is 5.69 Å². The van der Waals surface area contributed by atoms with Crippen LogP contribution in [0.5, 0.6) is 0 Å². The first-order chi connectivity index (χ1) is 7.16. The smallest absolute Gasteiger partial charge is 0.269 e. The van der Waals surface area contributed by atoms with Gasteiger partial charge in [-0.25, -0.2) is 4.98 Å². The molecule has 0 spiro atoms. The Morgan fingerprint density at radius 3 is 2.47 bits per heavy atom. The largest absolute Gasteiger partial charge is 0.383 e. The van der Waals surface area contributed by atoms with Crippen LogP contribution in [-0.4, -0.2) is 9.91 Å². The summed E-state index contributed by atoms with van der Waals surface area (Å²) in [6, 6.07) is 6.23. The maximum atomic E-state index is 10.4. The summed E-state index contributed by atoms with van der Waals surface area (Å²) in [5.74, 6) is 0.466. The number of thiazole rings is 1. The van der Waals surface area contributed by atoms with Crippen LogP contribution >= 0.6 is 11.3 Å². The maximum Gasteiger partial charge on any atom is 0.269 e. The normalized spacial score (nSPS) is 10.1. The van der Waals surface area contributed by atoms with Crippen molar-refractivity contribution in [3.8, 4) is 10.6 Å². The molecule has 0 aliphatic carbocycles. The Bertz CT molecular complexity index is 492. The van der Waals surface area contributed by atoms with Crippen molar-refractivity contribution in [1.29, 1.82) is 0 Å². The third-order valence-corrected chi connectivity index (χ3v) is 2.76. The van der Waals surface area contributed by atoms with Gasteiger partial charge in [0.15, 0.2) is 0 Å². The summed E-state index contributed by atoms with van der Waals surface area (Å²) in [6.07, 6.45) is 0. The second-order valence-corrected chi connectivity index (χ2v) is 3.74. The topological polar surface area (TPSA) is 82.0 Å². The first kappa shape index (κ1) is 9.60. The maximum absolute atomic E-state index is 10.4. The molecule has 2 rings (SSSR count). The van der Waals surface area contributed by atoms with Crippen LogP contribution in [0.15, 0.2) is 29.6 Å². The minimum absolute atomic E-state index is 0.0725. The predicted molar refractivity (Wildman–Crippen MR) is 58.6 cm³/mol. The number of anilines is 1. The van der Waals surface area contributed by atoms with Gasteiger partial charge < -0.3 is 5.73 Å². The number of nitrogens with zero attached hydrogens (tertiary/aromatic N) is 2. The molecule has 1 aromatic heterocycles. The number of non-ortho nitro benzene ring substituents is 1. The highest BCUT2D eigenvalue weighted by Crippen LogP contribution is 2.26. The highest BCUT2D eigenvalue weighted by atomic mass is 32.1. The summed E-state index contributed by atoms with van der Waals surface area (Å²) in [6.45, 7) is 0. The molecule has 0 saturated heterocycles. The second-order valence-electron chi connectivity index (χ2n) is 2.88.